The number of hydrogen-bond acceptors (Lipinski definition) is 4. The van der Waals surface area contributed by atoms with Crippen LogP contribution < -0.4 is 0 Å². The fourth-order valence-electron chi connectivity index (χ4n) is 1.22. The number of ether oxygens (including phenoxy) is 1. The second-order valence-corrected chi connectivity index (χ2v) is 4.12. The van der Waals surface area contributed by atoms with Crippen molar-refractivity contribution >= 4 is 40.7 Å². The fraction of sp³-hybridized carbons (Fsp3) is 0.167. The van der Waals surface area contributed by atoms with Crippen molar-refractivity contribution < 1.29 is 23.8 Å². The van der Waals surface area contributed by atoms with Gasteiger partial charge in [-0.1, -0.05) is 23.2 Å². The first kappa shape index (κ1) is 15.5. The van der Waals surface area contributed by atoms with Crippen LogP contribution in [0.15, 0.2) is 18.2 Å². The van der Waals surface area contributed by atoms with Gasteiger partial charge >= 0.3 is 5.97 Å². The van der Waals surface area contributed by atoms with Gasteiger partial charge in [0.25, 0.3) is 5.78 Å². The molecule has 0 amide bonds. The van der Waals surface area contributed by atoms with Crippen LogP contribution in [0, 0.1) is 5.82 Å². The summed E-state index contributed by atoms with van der Waals surface area (Å²) in [6.07, 6.45) is 0.574. The molecule has 0 aliphatic carbocycles. The molecule has 0 spiro atoms. The molecule has 1 aromatic carbocycles. The zero-order valence-electron chi connectivity index (χ0n) is 9.75. The van der Waals surface area contributed by atoms with Crippen LogP contribution in [0.2, 0.25) is 10.0 Å². The first-order chi connectivity index (χ1) is 8.88. The molecule has 7 heteroatoms. The molecule has 0 saturated heterocycles. The standard InChI is InChI=1S/C12H9Cl2FO4/c1-2-19-12(18)9(17)5-8(16)10-6(13)3-4-7(15)11(10)14/h3-5,16H,2H2,1H3. The Kier molecular flexibility index (Phi) is 5.32. The van der Waals surface area contributed by atoms with Gasteiger partial charge in [-0.05, 0) is 19.1 Å². The van der Waals surface area contributed by atoms with Gasteiger partial charge in [0.15, 0.2) is 0 Å². The van der Waals surface area contributed by atoms with E-state index in [1.807, 2.05) is 0 Å². The smallest absolute Gasteiger partial charge is 0.379 e. The quantitative estimate of drug-likeness (QED) is 0.305. The van der Waals surface area contributed by atoms with Crippen molar-refractivity contribution in [3.8, 4) is 0 Å². The van der Waals surface area contributed by atoms with Crippen LogP contribution in [-0.2, 0) is 14.3 Å². The van der Waals surface area contributed by atoms with Gasteiger partial charge < -0.3 is 9.84 Å². The number of benzene rings is 1. The number of ketones is 1. The predicted molar refractivity (Wildman–Crippen MR) is 68.7 cm³/mol. The molecule has 0 radical (unpaired) electrons. The van der Waals surface area contributed by atoms with Gasteiger partial charge in [0.2, 0.25) is 0 Å². The molecule has 19 heavy (non-hydrogen) atoms. The molecule has 0 aliphatic rings. The second-order valence-electron chi connectivity index (χ2n) is 3.33. The Bertz CT molecular complexity index is 555. The van der Waals surface area contributed by atoms with Crippen molar-refractivity contribution in [2.75, 3.05) is 6.61 Å². The van der Waals surface area contributed by atoms with E-state index in [2.05, 4.69) is 4.74 Å². The molecule has 102 valence electrons. The topological polar surface area (TPSA) is 63.6 Å². The average molecular weight is 307 g/mol. The summed E-state index contributed by atoms with van der Waals surface area (Å²) in [7, 11) is 0. The monoisotopic (exact) mass is 306 g/mol. The van der Waals surface area contributed by atoms with Gasteiger partial charge in [0, 0.05) is 6.08 Å². The number of hydrogen-bond donors (Lipinski definition) is 1. The molecule has 0 aromatic heterocycles. The van der Waals surface area contributed by atoms with E-state index in [-0.39, 0.29) is 17.2 Å². The molecule has 0 heterocycles. The first-order valence-corrected chi connectivity index (χ1v) is 5.89. The number of halogens is 3. The Labute approximate surface area is 118 Å². The summed E-state index contributed by atoms with van der Waals surface area (Å²) in [5, 5.41) is 9.19. The maximum atomic E-state index is 13.2. The third-order valence-electron chi connectivity index (χ3n) is 2.04. The summed E-state index contributed by atoms with van der Waals surface area (Å²) < 4.78 is 17.7. The molecule has 0 saturated carbocycles. The maximum absolute atomic E-state index is 13.2. The number of esters is 1. The minimum absolute atomic E-state index is 0.0145. The van der Waals surface area contributed by atoms with Crippen LogP contribution in [0.25, 0.3) is 5.76 Å². The highest BCUT2D eigenvalue weighted by Crippen LogP contribution is 2.31. The van der Waals surface area contributed by atoms with Crippen LogP contribution in [0.4, 0.5) is 4.39 Å². The van der Waals surface area contributed by atoms with Crippen molar-refractivity contribution in [2.24, 2.45) is 0 Å². The molecule has 0 atom stereocenters. The minimum Gasteiger partial charge on any atom is -0.507 e. The lowest BCUT2D eigenvalue weighted by atomic mass is 10.1. The Balaban J connectivity index is 3.14. The van der Waals surface area contributed by atoms with Crippen molar-refractivity contribution in [1.29, 1.82) is 0 Å². The van der Waals surface area contributed by atoms with Gasteiger partial charge in [-0.2, -0.15) is 0 Å². The van der Waals surface area contributed by atoms with E-state index in [0.29, 0.717) is 6.08 Å². The van der Waals surface area contributed by atoms with Gasteiger partial charge in [0.1, 0.15) is 11.6 Å². The molecular formula is C12H9Cl2FO4. The zero-order chi connectivity index (χ0) is 14.6. The summed E-state index contributed by atoms with van der Waals surface area (Å²) in [6, 6.07) is 2.17. The molecule has 1 aromatic rings. The predicted octanol–water partition coefficient (Wildman–Crippen LogP) is 3.16. The van der Waals surface area contributed by atoms with Crippen molar-refractivity contribution in [3.63, 3.8) is 0 Å². The fourth-order valence-corrected chi connectivity index (χ4v) is 1.78. The van der Waals surface area contributed by atoms with E-state index in [1.54, 1.807) is 0 Å². The lowest BCUT2D eigenvalue weighted by Gasteiger charge is -2.06. The van der Waals surface area contributed by atoms with E-state index in [1.165, 1.54) is 6.92 Å². The Hall–Kier alpha value is -1.59. The summed E-state index contributed by atoms with van der Waals surface area (Å²) >= 11 is 11.4. The molecular weight excluding hydrogens is 298 g/mol. The van der Waals surface area contributed by atoms with Crippen molar-refractivity contribution in [1.82, 2.24) is 0 Å². The van der Waals surface area contributed by atoms with E-state index in [9.17, 15) is 19.1 Å². The van der Waals surface area contributed by atoms with E-state index in [4.69, 9.17) is 23.2 Å². The molecule has 0 unspecified atom stereocenters. The molecule has 0 fully saturated rings. The second kappa shape index (κ2) is 6.54. The van der Waals surface area contributed by atoms with Crippen molar-refractivity contribution in [3.05, 3.63) is 39.6 Å². The highest BCUT2D eigenvalue weighted by Gasteiger charge is 2.18. The van der Waals surface area contributed by atoms with Gasteiger partial charge in [-0.3, -0.25) is 4.79 Å². The van der Waals surface area contributed by atoms with Gasteiger partial charge in [0.05, 0.1) is 22.2 Å². The Morgan fingerprint density at radius 3 is 2.63 bits per heavy atom. The van der Waals surface area contributed by atoms with Crippen LogP contribution in [0.3, 0.4) is 0 Å². The number of rotatable bonds is 4. The van der Waals surface area contributed by atoms with E-state index < -0.39 is 28.4 Å². The highest BCUT2D eigenvalue weighted by molar-refractivity contribution is 6.41. The number of carbonyl (C=O) groups excluding carboxylic acids is 2. The summed E-state index contributed by atoms with van der Waals surface area (Å²) in [4.78, 5) is 22.4. The van der Waals surface area contributed by atoms with Gasteiger partial charge in [-0.25, -0.2) is 9.18 Å². The maximum Gasteiger partial charge on any atom is 0.379 e. The van der Waals surface area contributed by atoms with E-state index in [0.717, 1.165) is 12.1 Å². The Morgan fingerprint density at radius 2 is 2.05 bits per heavy atom. The van der Waals surface area contributed by atoms with Crippen LogP contribution in [0.1, 0.15) is 12.5 Å². The first-order valence-electron chi connectivity index (χ1n) is 5.14. The van der Waals surface area contributed by atoms with Crippen LogP contribution in [0.5, 0.6) is 0 Å². The van der Waals surface area contributed by atoms with Crippen LogP contribution >= 0.6 is 23.2 Å². The number of aliphatic hydroxyl groups is 1. The summed E-state index contributed by atoms with van der Waals surface area (Å²) in [5.74, 6) is -3.77. The number of carbonyl (C=O) groups is 2. The number of aliphatic hydroxyl groups excluding tert-OH is 1. The summed E-state index contributed by atoms with van der Waals surface area (Å²) in [6.45, 7) is 1.54. The summed E-state index contributed by atoms with van der Waals surface area (Å²) in [5.41, 5.74) is -0.263. The average Bonchev–Trinajstić information content (AvgIpc) is 2.34. The molecule has 1 N–H and O–H groups in total. The lowest BCUT2D eigenvalue weighted by Crippen LogP contribution is -2.15. The zero-order valence-corrected chi connectivity index (χ0v) is 11.3. The third kappa shape index (κ3) is 3.68. The molecule has 0 bridgehead atoms. The largest absolute Gasteiger partial charge is 0.507 e. The Morgan fingerprint density at radius 1 is 1.42 bits per heavy atom. The molecule has 4 nitrogen and oxygen atoms in total. The SMILES string of the molecule is CCOC(=O)C(=O)C=C(O)c1c(Cl)ccc(F)c1Cl. The molecule has 1 rings (SSSR count). The van der Waals surface area contributed by atoms with Crippen molar-refractivity contribution in [2.45, 2.75) is 6.92 Å². The highest BCUT2D eigenvalue weighted by atomic mass is 35.5. The third-order valence-corrected chi connectivity index (χ3v) is 2.73. The van der Waals surface area contributed by atoms with E-state index >= 15 is 0 Å². The van der Waals surface area contributed by atoms with Gasteiger partial charge in [-0.15, -0.1) is 0 Å². The molecule has 0 aliphatic heterocycles. The normalized spacial score (nSPS) is 11.3. The van der Waals surface area contributed by atoms with Crippen LogP contribution in [-0.4, -0.2) is 23.5 Å². The lowest BCUT2D eigenvalue weighted by molar-refractivity contribution is -0.151. The minimum atomic E-state index is -1.14.